The standard InChI is InChI=1S/C14H15N3O2/c15-14(18)17(19)8-9-7-12(9)10-5-6-16-13-4-2-1-3-11(10)13/h1-6,9,12,19H,7-8H2,(H2,15,18)/p+1. The molecule has 0 spiro atoms. The van der Waals surface area contributed by atoms with Crippen LogP contribution in [0, 0.1) is 5.92 Å². The van der Waals surface area contributed by atoms with E-state index in [0.29, 0.717) is 17.5 Å². The maximum Gasteiger partial charge on any atom is 0.338 e. The van der Waals surface area contributed by atoms with Crippen molar-refractivity contribution in [3.63, 3.8) is 0 Å². The number of benzene rings is 1. The molecule has 2 aromatic rings. The number of hydrogen-bond donors (Lipinski definition) is 2. The summed E-state index contributed by atoms with van der Waals surface area (Å²) in [6.07, 6.45) is 2.90. The summed E-state index contributed by atoms with van der Waals surface area (Å²) in [6, 6.07) is 9.41. The fourth-order valence-corrected chi connectivity index (χ4v) is 2.64. The number of rotatable bonds is 3. The lowest BCUT2D eigenvalue weighted by Gasteiger charge is -2.11. The molecule has 0 bridgehead atoms. The number of urea groups is 1. The smallest absolute Gasteiger partial charge is 0.338 e. The number of fused-ring (bicyclic) bond motifs is 1. The van der Waals surface area contributed by atoms with Crippen molar-refractivity contribution in [2.45, 2.75) is 12.3 Å². The van der Waals surface area contributed by atoms with Gasteiger partial charge in [0, 0.05) is 17.5 Å². The largest absolute Gasteiger partial charge is 0.350 e. The molecule has 19 heavy (non-hydrogen) atoms. The molecule has 1 heterocycles. The Balaban J connectivity index is 1.82. The van der Waals surface area contributed by atoms with Gasteiger partial charge in [0.25, 0.3) is 0 Å². The second-order valence-electron chi connectivity index (χ2n) is 5.00. The third kappa shape index (κ3) is 2.24. The Bertz CT molecular complexity index is 624. The average molecular weight is 258 g/mol. The summed E-state index contributed by atoms with van der Waals surface area (Å²) >= 11 is 0. The highest BCUT2D eigenvalue weighted by atomic mass is 16.5. The first-order valence-corrected chi connectivity index (χ1v) is 6.32. The second-order valence-corrected chi connectivity index (χ2v) is 5.00. The molecule has 0 aliphatic heterocycles. The molecule has 4 N–H and O–H groups in total. The fraction of sp³-hybridized carbons (Fsp3) is 0.286. The predicted octanol–water partition coefficient (Wildman–Crippen LogP) is 1.53. The first kappa shape index (κ1) is 11.9. The van der Waals surface area contributed by atoms with Crippen molar-refractivity contribution in [2.24, 2.45) is 11.7 Å². The molecule has 2 amide bonds. The van der Waals surface area contributed by atoms with E-state index in [4.69, 9.17) is 5.73 Å². The molecule has 1 fully saturated rings. The number of nitrogens with two attached hydrogens (primary N) is 1. The quantitative estimate of drug-likeness (QED) is 0.646. The van der Waals surface area contributed by atoms with Crippen molar-refractivity contribution >= 4 is 16.9 Å². The van der Waals surface area contributed by atoms with Gasteiger partial charge in [-0.1, -0.05) is 12.1 Å². The zero-order valence-corrected chi connectivity index (χ0v) is 10.4. The number of pyridine rings is 1. The zero-order chi connectivity index (χ0) is 13.4. The summed E-state index contributed by atoms with van der Waals surface area (Å²) in [4.78, 5) is 14.0. The number of para-hydroxylation sites is 1. The Kier molecular flexibility index (Phi) is 2.83. The Morgan fingerprint density at radius 3 is 3.00 bits per heavy atom. The molecule has 1 saturated carbocycles. The van der Waals surface area contributed by atoms with Crippen LogP contribution in [0.15, 0.2) is 36.5 Å². The number of nitrogens with one attached hydrogen (secondary N) is 1. The Morgan fingerprint density at radius 2 is 2.21 bits per heavy atom. The molecule has 0 radical (unpaired) electrons. The minimum Gasteiger partial charge on any atom is -0.350 e. The van der Waals surface area contributed by atoms with Gasteiger partial charge in [0.05, 0.1) is 6.54 Å². The molecule has 5 nitrogen and oxygen atoms in total. The first-order chi connectivity index (χ1) is 9.16. The predicted molar refractivity (Wildman–Crippen MR) is 69.4 cm³/mol. The van der Waals surface area contributed by atoms with Crippen LogP contribution >= 0.6 is 0 Å². The average Bonchev–Trinajstić information content (AvgIpc) is 3.17. The Hall–Kier alpha value is -2.14. The third-order valence-electron chi connectivity index (χ3n) is 3.72. The molecule has 2 unspecified atom stereocenters. The maximum absolute atomic E-state index is 10.8. The number of aromatic amines is 1. The van der Waals surface area contributed by atoms with Crippen LogP contribution in [-0.2, 0) is 0 Å². The van der Waals surface area contributed by atoms with E-state index in [1.165, 1.54) is 10.9 Å². The van der Waals surface area contributed by atoms with E-state index >= 15 is 0 Å². The fourth-order valence-electron chi connectivity index (χ4n) is 2.64. The van der Waals surface area contributed by atoms with Gasteiger partial charge in [-0.25, -0.2) is 14.8 Å². The molecule has 1 aromatic heterocycles. The lowest BCUT2D eigenvalue weighted by Crippen LogP contribution is -2.34. The number of hydroxylamine groups is 2. The van der Waals surface area contributed by atoms with Gasteiger partial charge in [-0.05, 0) is 29.9 Å². The monoisotopic (exact) mass is 258 g/mol. The van der Waals surface area contributed by atoms with E-state index in [1.807, 2.05) is 24.4 Å². The van der Waals surface area contributed by atoms with Gasteiger partial charge in [0.15, 0.2) is 6.20 Å². The van der Waals surface area contributed by atoms with E-state index in [-0.39, 0.29) is 5.92 Å². The number of H-pyrrole nitrogens is 1. The van der Waals surface area contributed by atoms with Crippen LogP contribution in [0.1, 0.15) is 17.9 Å². The van der Waals surface area contributed by atoms with Crippen LogP contribution in [0.5, 0.6) is 0 Å². The maximum atomic E-state index is 10.8. The van der Waals surface area contributed by atoms with E-state index in [1.54, 1.807) is 0 Å². The van der Waals surface area contributed by atoms with Gasteiger partial charge >= 0.3 is 6.03 Å². The number of primary amides is 1. The van der Waals surface area contributed by atoms with Gasteiger partial charge in [-0.2, -0.15) is 0 Å². The lowest BCUT2D eigenvalue weighted by atomic mass is 10.0. The molecule has 1 aliphatic rings. The molecule has 1 aliphatic carbocycles. The second kappa shape index (κ2) is 4.51. The molecule has 0 saturated heterocycles. The van der Waals surface area contributed by atoms with Crippen molar-refractivity contribution in [3.8, 4) is 0 Å². The number of carbonyl (C=O) groups is 1. The number of aromatic nitrogens is 1. The van der Waals surface area contributed by atoms with Gasteiger partial charge < -0.3 is 5.73 Å². The van der Waals surface area contributed by atoms with Crippen LogP contribution in [0.25, 0.3) is 10.9 Å². The van der Waals surface area contributed by atoms with E-state index in [0.717, 1.165) is 11.9 Å². The van der Waals surface area contributed by atoms with Gasteiger partial charge in [0.2, 0.25) is 5.52 Å². The molecular formula is C14H16N3O2+. The van der Waals surface area contributed by atoms with Crippen LogP contribution in [0.3, 0.4) is 0 Å². The van der Waals surface area contributed by atoms with Crippen LogP contribution in [-0.4, -0.2) is 22.8 Å². The van der Waals surface area contributed by atoms with E-state index in [2.05, 4.69) is 17.1 Å². The summed E-state index contributed by atoms with van der Waals surface area (Å²) in [5, 5.41) is 11.2. The highest BCUT2D eigenvalue weighted by molar-refractivity contribution is 5.80. The molecule has 1 aromatic carbocycles. The van der Waals surface area contributed by atoms with Crippen molar-refractivity contribution in [3.05, 3.63) is 42.1 Å². The summed E-state index contributed by atoms with van der Waals surface area (Å²) in [7, 11) is 0. The minimum absolute atomic E-state index is 0.281. The number of hydrogen-bond acceptors (Lipinski definition) is 2. The van der Waals surface area contributed by atoms with Crippen molar-refractivity contribution in [1.29, 1.82) is 0 Å². The van der Waals surface area contributed by atoms with Gasteiger partial charge in [-0.15, -0.1) is 0 Å². The SMILES string of the molecule is NC(=O)N(O)CC1CC1c1cc[nH+]c2ccccc12. The number of nitrogens with zero attached hydrogens (tertiary/aromatic N) is 1. The summed E-state index contributed by atoms with van der Waals surface area (Å²) in [6.45, 7) is 0.299. The van der Waals surface area contributed by atoms with E-state index < -0.39 is 6.03 Å². The first-order valence-electron chi connectivity index (χ1n) is 6.32. The number of carbonyl (C=O) groups excluding carboxylic acids is 1. The van der Waals surface area contributed by atoms with Crippen molar-refractivity contribution in [2.75, 3.05) is 6.54 Å². The van der Waals surface area contributed by atoms with Crippen molar-refractivity contribution < 1.29 is 15.0 Å². The topological polar surface area (TPSA) is 80.7 Å². The zero-order valence-electron chi connectivity index (χ0n) is 10.4. The van der Waals surface area contributed by atoms with Crippen LogP contribution < -0.4 is 10.7 Å². The number of amides is 2. The lowest BCUT2D eigenvalue weighted by molar-refractivity contribution is -0.344. The molecule has 5 heteroatoms. The molecule has 2 atom stereocenters. The molecular weight excluding hydrogens is 242 g/mol. The minimum atomic E-state index is -0.795. The third-order valence-corrected chi connectivity index (χ3v) is 3.72. The van der Waals surface area contributed by atoms with Crippen LogP contribution in [0.4, 0.5) is 4.79 Å². The highest BCUT2D eigenvalue weighted by Gasteiger charge is 2.41. The molecule has 3 rings (SSSR count). The normalized spacial score (nSPS) is 21.3. The Labute approximate surface area is 110 Å². The van der Waals surface area contributed by atoms with Gasteiger partial charge in [-0.3, -0.25) is 5.21 Å². The van der Waals surface area contributed by atoms with Gasteiger partial charge in [0.1, 0.15) is 0 Å². The summed E-state index contributed by atoms with van der Waals surface area (Å²) in [5.41, 5.74) is 7.38. The molecule has 98 valence electrons. The highest BCUT2D eigenvalue weighted by Crippen LogP contribution is 2.49. The van der Waals surface area contributed by atoms with Crippen molar-refractivity contribution in [1.82, 2.24) is 5.06 Å². The summed E-state index contributed by atoms with van der Waals surface area (Å²) < 4.78 is 0. The Morgan fingerprint density at radius 1 is 1.42 bits per heavy atom. The van der Waals surface area contributed by atoms with E-state index in [9.17, 15) is 10.0 Å². The summed E-state index contributed by atoms with van der Waals surface area (Å²) in [5.74, 6) is 0.664. The van der Waals surface area contributed by atoms with Crippen LogP contribution in [0.2, 0.25) is 0 Å².